The van der Waals surface area contributed by atoms with Crippen molar-refractivity contribution < 1.29 is 14.0 Å². The molecule has 1 atom stereocenters. The molecule has 32 heavy (non-hydrogen) atoms. The summed E-state index contributed by atoms with van der Waals surface area (Å²) in [6.45, 7) is 1.84. The Morgan fingerprint density at radius 3 is 2.59 bits per heavy atom. The van der Waals surface area contributed by atoms with Gasteiger partial charge >= 0.3 is 6.03 Å². The van der Waals surface area contributed by atoms with Crippen LogP contribution in [0.4, 0.5) is 14.9 Å². The number of rotatable bonds is 4. The molecule has 1 unspecified atom stereocenters. The summed E-state index contributed by atoms with van der Waals surface area (Å²) in [5, 5.41) is 5.64. The smallest absolute Gasteiger partial charge is 0.321 e. The number of nitrogens with zero attached hydrogens (tertiary/aromatic N) is 2. The molecule has 9 heteroatoms. The van der Waals surface area contributed by atoms with Crippen molar-refractivity contribution in [2.45, 2.75) is 13.0 Å². The van der Waals surface area contributed by atoms with Crippen molar-refractivity contribution in [1.29, 1.82) is 0 Å². The van der Waals surface area contributed by atoms with Crippen LogP contribution in [0.3, 0.4) is 0 Å². The summed E-state index contributed by atoms with van der Waals surface area (Å²) < 4.78 is 13.4. The van der Waals surface area contributed by atoms with E-state index in [0.717, 1.165) is 5.56 Å². The third-order valence-electron chi connectivity index (χ3n) is 5.15. The first-order valence-electron chi connectivity index (χ1n) is 9.79. The maximum Gasteiger partial charge on any atom is 0.321 e. The number of aromatic nitrogens is 2. The number of aryl methyl sites for hydroxylation is 1. The molecule has 0 aliphatic carbocycles. The molecule has 2 heterocycles. The number of halogens is 1. The Bertz CT molecular complexity index is 1280. The Morgan fingerprint density at radius 1 is 1.12 bits per heavy atom. The van der Waals surface area contributed by atoms with E-state index in [0.29, 0.717) is 28.1 Å². The van der Waals surface area contributed by atoms with Gasteiger partial charge in [0.15, 0.2) is 0 Å². The highest BCUT2D eigenvalue weighted by Gasteiger charge is 2.30. The molecular weight excluding hydrogens is 413 g/mol. The second-order valence-corrected chi connectivity index (χ2v) is 7.42. The van der Waals surface area contributed by atoms with Crippen molar-refractivity contribution in [3.05, 3.63) is 93.9 Å². The van der Waals surface area contributed by atoms with Gasteiger partial charge < -0.3 is 20.5 Å². The first-order valence-corrected chi connectivity index (χ1v) is 9.79. The van der Waals surface area contributed by atoms with E-state index < -0.39 is 17.8 Å². The lowest BCUT2D eigenvalue weighted by Gasteiger charge is -2.30. The predicted octanol–water partition coefficient (Wildman–Crippen LogP) is 3.10. The highest BCUT2D eigenvalue weighted by molar-refractivity contribution is 6.06. The molecule has 1 aliphatic rings. The minimum Gasteiger partial charge on any atom is -0.327 e. The Labute approximate surface area is 182 Å². The number of anilines is 1. The number of H-pyrrole nitrogens is 1. The molecule has 1 aliphatic heterocycles. The van der Waals surface area contributed by atoms with E-state index >= 15 is 0 Å². The Balaban J connectivity index is 1.66. The van der Waals surface area contributed by atoms with Gasteiger partial charge in [0.1, 0.15) is 5.82 Å². The Morgan fingerprint density at radius 2 is 1.88 bits per heavy atom. The van der Waals surface area contributed by atoms with Crippen molar-refractivity contribution >= 4 is 17.6 Å². The van der Waals surface area contributed by atoms with Crippen LogP contribution >= 0.6 is 0 Å². The number of carbonyl (C=O) groups is 2. The van der Waals surface area contributed by atoms with Crippen LogP contribution < -0.4 is 16.2 Å². The normalized spacial score (nSPS) is 15.7. The van der Waals surface area contributed by atoms with Crippen LogP contribution in [0.1, 0.15) is 17.2 Å². The van der Waals surface area contributed by atoms with E-state index in [2.05, 4.69) is 20.6 Å². The molecule has 1 aromatic heterocycles. The van der Waals surface area contributed by atoms with Crippen molar-refractivity contribution in [3.63, 3.8) is 0 Å². The van der Waals surface area contributed by atoms with Crippen LogP contribution in [-0.2, 0) is 4.79 Å². The zero-order chi connectivity index (χ0) is 22.8. The van der Waals surface area contributed by atoms with Gasteiger partial charge in [-0.2, -0.15) is 0 Å². The minimum atomic E-state index is -0.738. The van der Waals surface area contributed by atoms with Gasteiger partial charge in [0.05, 0.1) is 29.7 Å². The van der Waals surface area contributed by atoms with Crippen LogP contribution in [-0.4, -0.2) is 33.9 Å². The fourth-order valence-electron chi connectivity index (χ4n) is 3.39. The number of urea groups is 1. The third-order valence-corrected chi connectivity index (χ3v) is 5.15. The summed E-state index contributed by atoms with van der Waals surface area (Å²) in [4.78, 5) is 44.9. The number of hydrogen-bond donors (Lipinski definition) is 3. The molecule has 0 saturated carbocycles. The Hall–Kier alpha value is -4.27. The van der Waals surface area contributed by atoms with Gasteiger partial charge in [-0.25, -0.2) is 9.18 Å². The van der Waals surface area contributed by atoms with E-state index in [1.165, 1.54) is 54.8 Å². The summed E-state index contributed by atoms with van der Waals surface area (Å²) >= 11 is 0. The number of carbonyl (C=O) groups excluding carboxylic acids is 2. The summed E-state index contributed by atoms with van der Waals surface area (Å²) in [5.74, 6) is -0.838. The molecule has 0 saturated heterocycles. The molecule has 0 bridgehead atoms. The molecule has 0 radical (unpaired) electrons. The molecule has 162 valence electrons. The van der Waals surface area contributed by atoms with E-state index in [-0.39, 0.29) is 11.6 Å². The van der Waals surface area contributed by atoms with E-state index in [9.17, 15) is 18.8 Å². The summed E-state index contributed by atoms with van der Waals surface area (Å²) in [6, 6.07) is 9.85. The Kier molecular flexibility index (Phi) is 5.55. The number of benzene rings is 2. The SMILES string of the molecule is Cc1ccc(-c2cncc(=O)[nH]2)cc1NC(=O)C1=CN(C)C(=O)NC1c1ccc(F)cc1. The van der Waals surface area contributed by atoms with E-state index in [4.69, 9.17) is 0 Å². The van der Waals surface area contributed by atoms with Gasteiger partial charge in [-0.15, -0.1) is 0 Å². The van der Waals surface area contributed by atoms with Crippen molar-refractivity contribution in [2.75, 3.05) is 12.4 Å². The first kappa shape index (κ1) is 21.0. The minimum absolute atomic E-state index is 0.290. The quantitative estimate of drug-likeness (QED) is 0.588. The van der Waals surface area contributed by atoms with E-state index in [1.807, 2.05) is 19.1 Å². The van der Waals surface area contributed by atoms with Crippen molar-refractivity contribution in [1.82, 2.24) is 20.2 Å². The predicted molar refractivity (Wildman–Crippen MR) is 117 cm³/mol. The molecule has 0 fully saturated rings. The van der Waals surface area contributed by atoms with Gasteiger partial charge in [0, 0.05) is 24.5 Å². The number of nitrogens with one attached hydrogen (secondary N) is 3. The summed E-state index contributed by atoms with van der Waals surface area (Å²) in [7, 11) is 1.54. The fourth-order valence-corrected chi connectivity index (χ4v) is 3.39. The van der Waals surface area contributed by atoms with Gasteiger partial charge in [-0.1, -0.05) is 24.3 Å². The number of amides is 3. The summed E-state index contributed by atoms with van der Waals surface area (Å²) in [6.07, 6.45) is 4.16. The van der Waals surface area contributed by atoms with Crippen LogP contribution in [0.2, 0.25) is 0 Å². The third kappa shape index (κ3) is 4.27. The lowest BCUT2D eigenvalue weighted by Crippen LogP contribution is -2.44. The average Bonchev–Trinajstić information content (AvgIpc) is 2.77. The highest BCUT2D eigenvalue weighted by Crippen LogP contribution is 2.29. The van der Waals surface area contributed by atoms with Gasteiger partial charge in [-0.3, -0.25) is 14.6 Å². The molecular formula is C23H20FN5O3. The van der Waals surface area contributed by atoms with Gasteiger partial charge in [0.25, 0.3) is 11.5 Å². The zero-order valence-electron chi connectivity index (χ0n) is 17.3. The number of hydrogen-bond acceptors (Lipinski definition) is 4. The molecule has 2 aromatic carbocycles. The van der Waals surface area contributed by atoms with Gasteiger partial charge in [0.2, 0.25) is 0 Å². The maximum atomic E-state index is 13.4. The zero-order valence-corrected chi connectivity index (χ0v) is 17.3. The van der Waals surface area contributed by atoms with Crippen LogP contribution in [0.25, 0.3) is 11.3 Å². The second kappa shape index (κ2) is 8.46. The van der Waals surface area contributed by atoms with Crippen LogP contribution in [0.5, 0.6) is 0 Å². The monoisotopic (exact) mass is 433 g/mol. The molecule has 4 rings (SSSR count). The van der Waals surface area contributed by atoms with Crippen LogP contribution in [0.15, 0.2) is 71.4 Å². The molecule has 3 N–H and O–H groups in total. The van der Waals surface area contributed by atoms with Crippen molar-refractivity contribution in [3.8, 4) is 11.3 Å². The largest absolute Gasteiger partial charge is 0.327 e. The average molecular weight is 433 g/mol. The lowest BCUT2D eigenvalue weighted by atomic mass is 9.97. The lowest BCUT2D eigenvalue weighted by molar-refractivity contribution is -0.113. The highest BCUT2D eigenvalue weighted by atomic mass is 19.1. The summed E-state index contributed by atoms with van der Waals surface area (Å²) in [5.41, 5.74) is 3.07. The van der Waals surface area contributed by atoms with Gasteiger partial charge in [-0.05, 0) is 36.2 Å². The number of aromatic amines is 1. The van der Waals surface area contributed by atoms with E-state index in [1.54, 1.807) is 6.07 Å². The molecule has 3 amide bonds. The first-order chi connectivity index (χ1) is 15.3. The molecule has 3 aromatic rings. The maximum absolute atomic E-state index is 13.4. The molecule has 0 spiro atoms. The van der Waals surface area contributed by atoms with Crippen LogP contribution in [0, 0.1) is 12.7 Å². The van der Waals surface area contributed by atoms with Crippen molar-refractivity contribution in [2.24, 2.45) is 0 Å². The fraction of sp³-hybridized carbons (Fsp3) is 0.130. The molecule has 8 nitrogen and oxygen atoms in total. The topological polar surface area (TPSA) is 107 Å². The second-order valence-electron chi connectivity index (χ2n) is 7.42. The standard InChI is InChI=1S/C23H20FN5O3/c1-13-3-4-15(19-10-25-11-20(30)26-19)9-18(13)27-22(31)17-12-29(2)23(32)28-21(17)14-5-7-16(24)8-6-14/h3-12,21H,1-2H3,(H,26,30)(H,27,31)(H,28,32).